The van der Waals surface area contributed by atoms with Crippen LogP contribution < -0.4 is 11.1 Å². The van der Waals surface area contributed by atoms with Crippen molar-refractivity contribution in [1.29, 1.82) is 0 Å². The number of carbonyl (C=O) groups excluding carboxylic acids is 1. The van der Waals surface area contributed by atoms with E-state index in [9.17, 15) is 4.79 Å². The largest absolute Gasteiger partial charge is 0.379 e. The summed E-state index contributed by atoms with van der Waals surface area (Å²) in [5.41, 5.74) is 4.79. The molecule has 1 saturated carbocycles. The number of nitrogens with two attached hydrogens (primary N) is 1. The zero-order valence-electron chi connectivity index (χ0n) is 9.01. The second kappa shape index (κ2) is 4.75. The Hall–Kier alpha value is -0.610. The highest BCUT2D eigenvalue weighted by Crippen LogP contribution is 2.39. The van der Waals surface area contributed by atoms with Gasteiger partial charge in [0.1, 0.15) is 5.54 Å². The molecule has 0 radical (unpaired) electrons. The number of hydrogen-bond donors (Lipinski definition) is 2. The average molecular weight is 200 g/mol. The Balaban J connectivity index is 2.54. The van der Waals surface area contributed by atoms with Crippen molar-refractivity contribution in [3.8, 4) is 0 Å². The molecule has 4 heteroatoms. The van der Waals surface area contributed by atoms with Crippen LogP contribution in [0.4, 0.5) is 0 Å². The second-order valence-corrected chi connectivity index (χ2v) is 3.91. The second-order valence-electron chi connectivity index (χ2n) is 3.91. The summed E-state index contributed by atoms with van der Waals surface area (Å²) in [5.74, 6) is 0.0699. The molecule has 14 heavy (non-hydrogen) atoms. The molecule has 0 saturated heterocycles. The summed E-state index contributed by atoms with van der Waals surface area (Å²) in [6, 6.07) is 0. The van der Waals surface area contributed by atoms with Gasteiger partial charge in [0.25, 0.3) is 0 Å². The number of rotatable bonds is 7. The van der Waals surface area contributed by atoms with Crippen molar-refractivity contribution in [2.24, 2.45) is 11.7 Å². The van der Waals surface area contributed by atoms with E-state index in [4.69, 9.17) is 10.5 Å². The van der Waals surface area contributed by atoms with Gasteiger partial charge in [0.2, 0.25) is 5.91 Å². The number of amides is 1. The summed E-state index contributed by atoms with van der Waals surface area (Å²) in [7, 11) is 1.78. The fourth-order valence-corrected chi connectivity index (χ4v) is 1.74. The normalized spacial score (nSPS) is 20.4. The topological polar surface area (TPSA) is 64.3 Å². The van der Waals surface area contributed by atoms with Gasteiger partial charge in [0, 0.05) is 6.61 Å². The van der Waals surface area contributed by atoms with E-state index in [2.05, 4.69) is 5.32 Å². The van der Waals surface area contributed by atoms with Crippen LogP contribution in [-0.4, -0.2) is 31.7 Å². The summed E-state index contributed by atoms with van der Waals surface area (Å²) in [6.07, 6.45) is 3.10. The molecule has 0 spiro atoms. The highest BCUT2D eigenvalue weighted by Gasteiger charge is 2.49. The first-order valence-corrected chi connectivity index (χ1v) is 5.24. The Bertz CT molecular complexity index is 204. The van der Waals surface area contributed by atoms with Crippen LogP contribution in [0.1, 0.15) is 26.2 Å². The Kier molecular flexibility index (Phi) is 3.89. The van der Waals surface area contributed by atoms with E-state index in [-0.39, 0.29) is 5.91 Å². The van der Waals surface area contributed by atoms with Gasteiger partial charge in [-0.1, -0.05) is 6.92 Å². The Morgan fingerprint density at radius 3 is 2.64 bits per heavy atom. The lowest BCUT2D eigenvalue weighted by Gasteiger charge is -2.29. The number of ether oxygens (including phenoxy) is 1. The number of hydrogen-bond acceptors (Lipinski definition) is 3. The van der Waals surface area contributed by atoms with Gasteiger partial charge in [-0.15, -0.1) is 0 Å². The van der Waals surface area contributed by atoms with E-state index < -0.39 is 5.54 Å². The van der Waals surface area contributed by atoms with Crippen molar-refractivity contribution in [3.05, 3.63) is 0 Å². The van der Waals surface area contributed by atoms with Crippen molar-refractivity contribution in [1.82, 2.24) is 5.32 Å². The standard InChI is InChI=1S/C10H20N2O2/c1-3-6-14-7-10(12-2,9(11)13)8-4-5-8/h8,12H,3-7H2,1-2H3,(H2,11,13). The van der Waals surface area contributed by atoms with Gasteiger partial charge in [0.05, 0.1) is 6.61 Å². The molecule has 0 heterocycles. The summed E-state index contributed by atoms with van der Waals surface area (Å²) in [5, 5.41) is 3.04. The first kappa shape index (κ1) is 11.5. The van der Waals surface area contributed by atoms with Gasteiger partial charge in [0.15, 0.2) is 0 Å². The molecule has 1 atom stereocenters. The number of likely N-dealkylation sites (N-methyl/N-ethyl adjacent to an activating group) is 1. The molecule has 0 aliphatic heterocycles. The van der Waals surface area contributed by atoms with Crippen LogP contribution in [0, 0.1) is 5.92 Å². The molecule has 0 bridgehead atoms. The van der Waals surface area contributed by atoms with E-state index in [0.717, 1.165) is 19.3 Å². The van der Waals surface area contributed by atoms with Gasteiger partial charge >= 0.3 is 0 Å². The monoisotopic (exact) mass is 200 g/mol. The predicted octanol–water partition coefficient (Wildman–Crippen LogP) is 0.267. The van der Waals surface area contributed by atoms with Gasteiger partial charge in [-0.3, -0.25) is 4.79 Å². The van der Waals surface area contributed by atoms with Crippen LogP contribution in [0.3, 0.4) is 0 Å². The van der Waals surface area contributed by atoms with Crippen molar-refractivity contribution in [2.75, 3.05) is 20.3 Å². The lowest BCUT2D eigenvalue weighted by molar-refractivity contribution is -0.128. The van der Waals surface area contributed by atoms with Gasteiger partial charge < -0.3 is 15.8 Å². The molecular formula is C10H20N2O2. The molecule has 0 aromatic carbocycles. The molecule has 1 aliphatic rings. The molecule has 4 nitrogen and oxygen atoms in total. The van der Waals surface area contributed by atoms with Gasteiger partial charge in [-0.2, -0.15) is 0 Å². The average Bonchev–Trinajstić information content (AvgIpc) is 2.96. The molecular weight excluding hydrogens is 180 g/mol. The van der Waals surface area contributed by atoms with Crippen LogP contribution in [0.5, 0.6) is 0 Å². The molecule has 0 aromatic rings. The third kappa shape index (κ3) is 2.25. The quantitative estimate of drug-likeness (QED) is 0.580. The Labute approximate surface area is 85.2 Å². The fourth-order valence-electron chi connectivity index (χ4n) is 1.74. The number of nitrogens with one attached hydrogen (secondary N) is 1. The first-order chi connectivity index (χ1) is 6.67. The Morgan fingerprint density at radius 1 is 1.64 bits per heavy atom. The highest BCUT2D eigenvalue weighted by molar-refractivity contribution is 5.85. The maximum Gasteiger partial charge on any atom is 0.240 e. The SMILES string of the molecule is CCCOCC(NC)(C(N)=O)C1CC1. The van der Waals surface area contributed by atoms with Crippen molar-refractivity contribution >= 4 is 5.91 Å². The summed E-state index contributed by atoms with van der Waals surface area (Å²) in [6.45, 7) is 3.13. The predicted molar refractivity (Wildman–Crippen MR) is 54.8 cm³/mol. The smallest absolute Gasteiger partial charge is 0.240 e. The van der Waals surface area contributed by atoms with Gasteiger partial charge in [-0.25, -0.2) is 0 Å². The minimum absolute atomic E-state index is 0.293. The number of carbonyl (C=O) groups is 1. The maximum atomic E-state index is 11.4. The number of primary amides is 1. The van der Waals surface area contributed by atoms with E-state index >= 15 is 0 Å². The first-order valence-electron chi connectivity index (χ1n) is 5.24. The molecule has 1 rings (SSSR count). The highest BCUT2D eigenvalue weighted by atomic mass is 16.5. The van der Waals surface area contributed by atoms with E-state index in [1.807, 2.05) is 6.92 Å². The van der Waals surface area contributed by atoms with Crippen molar-refractivity contribution < 1.29 is 9.53 Å². The summed E-state index contributed by atoms with van der Waals surface area (Å²) < 4.78 is 5.44. The summed E-state index contributed by atoms with van der Waals surface area (Å²) in [4.78, 5) is 11.4. The molecule has 0 aromatic heterocycles. The fraction of sp³-hybridized carbons (Fsp3) is 0.900. The third-order valence-electron chi connectivity index (χ3n) is 2.84. The molecule has 3 N–H and O–H groups in total. The zero-order valence-corrected chi connectivity index (χ0v) is 9.01. The summed E-state index contributed by atoms with van der Waals surface area (Å²) >= 11 is 0. The lowest BCUT2D eigenvalue weighted by Crippen LogP contribution is -2.59. The molecule has 82 valence electrons. The van der Waals surface area contributed by atoms with Crippen molar-refractivity contribution in [2.45, 2.75) is 31.7 Å². The van der Waals surface area contributed by atoms with Crippen LogP contribution >= 0.6 is 0 Å². The van der Waals surface area contributed by atoms with Crippen LogP contribution in [0.15, 0.2) is 0 Å². The van der Waals surface area contributed by atoms with Crippen LogP contribution in [0.2, 0.25) is 0 Å². The van der Waals surface area contributed by atoms with Gasteiger partial charge in [-0.05, 0) is 32.2 Å². The van der Waals surface area contributed by atoms with E-state index in [0.29, 0.717) is 19.1 Å². The minimum atomic E-state index is -0.630. The Morgan fingerprint density at radius 2 is 2.29 bits per heavy atom. The molecule has 1 unspecified atom stereocenters. The molecule has 1 aliphatic carbocycles. The zero-order chi connectivity index (χ0) is 10.6. The minimum Gasteiger partial charge on any atom is -0.379 e. The molecule has 1 amide bonds. The van der Waals surface area contributed by atoms with E-state index in [1.54, 1.807) is 7.05 Å². The van der Waals surface area contributed by atoms with E-state index in [1.165, 1.54) is 0 Å². The van der Waals surface area contributed by atoms with Crippen LogP contribution in [0.25, 0.3) is 0 Å². The molecule has 1 fully saturated rings. The lowest BCUT2D eigenvalue weighted by atomic mass is 9.93. The maximum absolute atomic E-state index is 11.4. The van der Waals surface area contributed by atoms with Crippen LogP contribution in [-0.2, 0) is 9.53 Å². The third-order valence-corrected chi connectivity index (χ3v) is 2.84. The van der Waals surface area contributed by atoms with Crippen molar-refractivity contribution in [3.63, 3.8) is 0 Å².